The maximum Gasteiger partial charge on any atom is 0.274 e. The summed E-state index contributed by atoms with van der Waals surface area (Å²) in [7, 11) is 0. The fourth-order valence-electron chi connectivity index (χ4n) is 6.42. The highest BCUT2D eigenvalue weighted by molar-refractivity contribution is 6.33. The number of aromatic nitrogens is 2. The maximum atomic E-state index is 14.7. The van der Waals surface area contributed by atoms with Crippen molar-refractivity contribution < 1.29 is 19.1 Å². The van der Waals surface area contributed by atoms with Gasteiger partial charge in [-0.05, 0) is 65.8 Å². The zero-order valence-electron chi connectivity index (χ0n) is 26.9. The molecule has 3 aromatic carbocycles. The van der Waals surface area contributed by atoms with Crippen LogP contribution in [0.1, 0.15) is 88.3 Å². The van der Waals surface area contributed by atoms with Gasteiger partial charge in [-0.15, -0.1) is 0 Å². The maximum absolute atomic E-state index is 14.7. The molecular formula is C37H40ClN5O4. The fraction of sp³-hybridized carbons (Fsp3) is 0.351. The Balaban J connectivity index is 1.47. The van der Waals surface area contributed by atoms with E-state index in [2.05, 4.69) is 26.0 Å². The fourth-order valence-corrected chi connectivity index (χ4v) is 6.63. The van der Waals surface area contributed by atoms with E-state index in [9.17, 15) is 14.4 Å². The average molecular weight is 654 g/mol. The molecule has 10 heteroatoms. The average Bonchev–Trinajstić information content (AvgIpc) is 3.51. The number of nitrogens with zero attached hydrogens (tertiary/aromatic N) is 4. The molecule has 1 aromatic heterocycles. The minimum absolute atomic E-state index is 0.0833. The molecule has 0 saturated heterocycles. The molecule has 4 aromatic rings. The Hall–Kier alpha value is -4.63. The largest absolute Gasteiger partial charge is 0.477 e. The molecular weight excluding hydrogens is 614 g/mol. The van der Waals surface area contributed by atoms with Crippen LogP contribution in [0.25, 0.3) is 16.8 Å². The number of hydrogen-bond acceptors (Lipinski definition) is 5. The quantitative estimate of drug-likeness (QED) is 0.217. The first-order valence-electron chi connectivity index (χ1n) is 16.4. The van der Waals surface area contributed by atoms with Gasteiger partial charge < -0.3 is 20.3 Å². The van der Waals surface area contributed by atoms with Crippen LogP contribution in [0.4, 0.5) is 0 Å². The molecule has 6 rings (SSSR count). The van der Waals surface area contributed by atoms with Gasteiger partial charge in [0.25, 0.3) is 11.8 Å². The van der Waals surface area contributed by atoms with Crippen LogP contribution in [-0.2, 0) is 13.0 Å². The van der Waals surface area contributed by atoms with Crippen molar-refractivity contribution in [3.8, 4) is 22.7 Å². The summed E-state index contributed by atoms with van der Waals surface area (Å²) in [5.41, 5.74) is 10.7. The van der Waals surface area contributed by atoms with E-state index >= 15 is 0 Å². The number of fused-ring (bicyclic) bond motifs is 5. The lowest BCUT2D eigenvalue weighted by molar-refractivity contribution is 0.0604. The monoisotopic (exact) mass is 653 g/mol. The molecule has 0 fully saturated rings. The zero-order valence-corrected chi connectivity index (χ0v) is 27.6. The van der Waals surface area contributed by atoms with Crippen molar-refractivity contribution in [2.24, 2.45) is 5.73 Å². The number of halogens is 1. The summed E-state index contributed by atoms with van der Waals surface area (Å²) in [5, 5.41) is 5.04. The Morgan fingerprint density at radius 3 is 2.40 bits per heavy atom. The van der Waals surface area contributed by atoms with E-state index in [0.717, 1.165) is 31.2 Å². The lowest BCUT2D eigenvalue weighted by Crippen LogP contribution is -2.45. The summed E-state index contributed by atoms with van der Waals surface area (Å²) in [6.45, 7) is 6.36. The lowest BCUT2D eigenvalue weighted by Gasteiger charge is -2.38. The SMILES string of the molecule is CCCCN(CCCC)C(=O)c1cc2n(n1)-c1ccc(-c3ccc(Cl)c(C(N)=O)c3)cc1C(=O)N1Cc3ccccc3CC1CCO2. The Morgan fingerprint density at radius 2 is 1.68 bits per heavy atom. The molecule has 9 nitrogen and oxygen atoms in total. The molecule has 0 spiro atoms. The second-order valence-corrected chi connectivity index (χ2v) is 12.7. The smallest absolute Gasteiger partial charge is 0.274 e. The van der Waals surface area contributed by atoms with Gasteiger partial charge in [-0.2, -0.15) is 9.78 Å². The molecule has 3 amide bonds. The molecule has 3 heterocycles. The third-order valence-corrected chi connectivity index (χ3v) is 9.41. The lowest BCUT2D eigenvalue weighted by atomic mass is 9.91. The van der Waals surface area contributed by atoms with Crippen molar-refractivity contribution in [2.75, 3.05) is 19.7 Å². The molecule has 2 aliphatic heterocycles. The first kappa shape index (κ1) is 32.3. The van der Waals surface area contributed by atoms with E-state index in [1.807, 2.05) is 40.1 Å². The first-order chi connectivity index (χ1) is 22.8. The number of ether oxygens (including phenoxy) is 1. The number of benzene rings is 3. The first-order valence-corrected chi connectivity index (χ1v) is 16.8. The second kappa shape index (κ2) is 14.0. The summed E-state index contributed by atoms with van der Waals surface area (Å²) < 4.78 is 7.94. The number of amides is 3. The van der Waals surface area contributed by atoms with Crippen LogP contribution in [0.2, 0.25) is 5.02 Å². The van der Waals surface area contributed by atoms with Crippen LogP contribution in [0.15, 0.2) is 66.7 Å². The van der Waals surface area contributed by atoms with E-state index in [-0.39, 0.29) is 34.1 Å². The summed E-state index contributed by atoms with van der Waals surface area (Å²) in [5.74, 6) is -0.519. The Bertz CT molecular complexity index is 1810. The highest BCUT2D eigenvalue weighted by Crippen LogP contribution is 2.34. The van der Waals surface area contributed by atoms with E-state index < -0.39 is 5.91 Å². The predicted octanol–water partition coefficient (Wildman–Crippen LogP) is 6.68. The molecule has 0 aliphatic carbocycles. The van der Waals surface area contributed by atoms with E-state index in [4.69, 9.17) is 27.2 Å². The highest BCUT2D eigenvalue weighted by Gasteiger charge is 2.34. The van der Waals surface area contributed by atoms with Gasteiger partial charge in [0.2, 0.25) is 11.8 Å². The van der Waals surface area contributed by atoms with Gasteiger partial charge in [0.1, 0.15) is 0 Å². The van der Waals surface area contributed by atoms with Crippen molar-refractivity contribution in [1.29, 1.82) is 0 Å². The van der Waals surface area contributed by atoms with Crippen molar-refractivity contribution in [3.05, 3.63) is 99.7 Å². The van der Waals surface area contributed by atoms with Crippen molar-refractivity contribution in [1.82, 2.24) is 19.6 Å². The van der Waals surface area contributed by atoms with Gasteiger partial charge in [-0.25, -0.2) is 0 Å². The Labute approximate surface area is 280 Å². The van der Waals surface area contributed by atoms with E-state index in [1.54, 1.807) is 28.9 Å². The Kier molecular flexibility index (Phi) is 9.63. The molecule has 1 atom stereocenters. The van der Waals surface area contributed by atoms with Gasteiger partial charge in [0, 0.05) is 38.2 Å². The number of hydrogen-bond donors (Lipinski definition) is 1. The number of rotatable bonds is 9. The number of carbonyl (C=O) groups is 3. The molecule has 2 aliphatic rings. The van der Waals surface area contributed by atoms with Gasteiger partial charge in [-0.3, -0.25) is 14.4 Å². The van der Waals surface area contributed by atoms with Crippen molar-refractivity contribution >= 4 is 29.3 Å². The third-order valence-electron chi connectivity index (χ3n) is 9.08. The van der Waals surface area contributed by atoms with Crippen molar-refractivity contribution in [2.45, 2.75) is 65.0 Å². The normalized spacial score (nSPS) is 15.5. The van der Waals surface area contributed by atoms with E-state index in [1.165, 1.54) is 5.56 Å². The minimum atomic E-state index is -0.635. The van der Waals surface area contributed by atoms with Gasteiger partial charge in [-0.1, -0.05) is 74.7 Å². The van der Waals surface area contributed by atoms with Crippen LogP contribution in [0, 0.1) is 0 Å². The summed E-state index contributed by atoms with van der Waals surface area (Å²) in [6, 6.07) is 20.4. The number of nitrogens with two attached hydrogens (primary N) is 1. The second-order valence-electron chi connectivity index (χ2n) is 12.3. The summed E-state index contributed by atoms with van der Waals surface area (Å²) >= 11 is 6.25. The van der Waals surface area contributed by atoms with Gasteiger partial charge in [0.05, 0.1) is 28.4 Å². The third kappa shape index (κ3) is 6.63. The molecule has 0 bridgehead atoms. The Morgan fingerprint density at radius 1 is 0.979 bits per heavy atom. The van der Waals surface area contributed by atoms with Gasteiger partial charge >= 0.3 is 0 Å². The molecule has 1 unspecified atom stereocenters. The molecule has 2 N–H and O–H groups in total. The number of carbonyl (C=O) groups excluding carboxylic acids is 3. The molecule has 47 heavy (non-hydrogen) atoms. The van der Waals surface area contributed by atoms with Crippen LogP contribution in [0.3, 0.4) is 0 Å². The van der Waals surface area contributed by atoms with Crippen LogP contribution in [0.5, 0.6) is 5.88 Å². The van der Waals surface area contributed by atoms with Crippen molar-refractivity contribution in [3.63, 3.8) is 0 Å². The van der Waals surface area contributed by atoms with Crippen LogP contribution in [-0.4, -0.2) is 63.0 Å². The molecule has 244 valence electrons. The topological polar surface area (TPSA) is 111 Å². The number of primary amides is 1. The predicted molar refractivity (Wildman–Crippen MR) is 182 cm³/mol. The highest BCUT2D eigenvalue weighted by atomic mass is 35.5. The minimum Gasteiger partial charge on any atom is -0.477 e. The summed E-state index contributed by atoms with van der Waals surface area (Å²) in [6.07, 6.45) is 5.09. The molecule has 0 saturated carbocycles. The standard InChI is InChI=1S/C37H40ClN5O4/c1-3-5-16-41(17-6-4-2)37(46)32-22-34-43(40-32)33-14-12-26(25-11-13-31(38)29(20-25)35(39)44)21-30(33)36(45)42-23-27-10-8-7-9-24(27)19-28(42)15-18-47-34/h7-14,20-22,28H,3-6,15-19,23H2,1-2H3,(H2,39,44). The molecule has 0 radical (unpaired) electrons. The van der Waals surface area contributed by atoms with Crippen LogP contribution < -0.4 is 10.5 Å². The number of unbranched alkanes of at least 4 members (excludes halogenated alkanes) is 2. The van der Waals surface area contributed by atoms with Gasteiger partial charge in [0.15, 0.2) is 5.69 Å². The van der Waals surface area contributed by atoms with Crippen LogP contribution >= 0.6 is 11.6 Å². The van der Waals surface area contributed by atoms with E-state index in [0.29, 0.717) is 67.3 Å². The zero-order chi connectivity index (χ0) is 33.1. The summed E-state index contributed by atoms with van der Waals surface area (Å²) in [4.78, 5) is 44.4.